The largest absolute Gasteiger partial charge is 0.294 e. The van der Waals surface area contributed by atoms with Crippen LogP contribution in [0.2, 0.25) is 0 Å². The van der Waals surface area contributed by atoms with Crippen LogP contribution in [0.3, 0.4) is 0 Å². The molecule has 0 aliphatic carbocycles. The summed E-state index contributed by atoms with van der Waals surface area (Å²) in [5.74, 6) is 0. The fourth-order valence-electron chi connectivity index (χ4n) is 1.18. The molecule has 1 aromatic carbocycles. The normalized spacial score (nSPS) is 11.6. The third-order valence-electron chi connectivity index (χ3n) is 1.98. The van der Waals surface area contributed by atoms with E-state index < -0.39 is 10.1 Å². The lowest BCUT2D eigenvalue weighted by atomic mass is 10.1. The summed E-state index contributed by atoms with van der Waals surface area (Å²) in [7, 11) is -4.06. The highest BCUT2D eigenvalue weighted by Gasteiger charge is 2.10. The zero-order valence-corrected chi connectivity index (χ0v) is 10.7. The third-order valence-corrected chi connectivity index (χ3v) is 3.37. The summed E-state index contributed by atoms with van der Waals surface area (Å²) in [5.41, 5.74) is 2.02. The van der Waals surface area contributed by atoms with Crippen LogP contribution in [0.25, 0.3) is 0 Å². The first-order chi connectivity index (χ1) is 6.45. The monoisotopic (exact) mass is 326 g/mol. The van der Waals surface area contributed by atoms with Crippen molar-refractivity contribution in [2.45, 2.75) is 18.2 Å². The van der Waals surface area contributed by atoms with E-state index in [1.165, 1.54) is 12.1 Å². The molecule has 0 heterocycles. The highest BCUT2D eigenvalue weighted by atomic mass is 127. The van der Waals surface area contributed by atoms with E-state index in [0.29, 0.717) is 0 Å². The molecule has 0 amide bonds. The first kappa shape index (κ1) is 11.9. The first-order valence-corrected chi connectivity index (χ1v) is 7.04. The summed E-state index contributed by atoms with van der Waals surface area (Å²) in [6, 6.07) is 4.66. The van der Waals surface area contributed by atoms with Crippen molar-refractivity contribution in [3.63, 3.8) is 0 Å². The summed E-state index contributed by atoms with van der Waals surface area (Å²) in [6.07, 6.45) is 0.815. The Bertz CT molecular complexity index is 426. The van der Waals surface area contributed by atoms with Crippen molar-refractivity contribution in [2.75, 3.05) is 4.43 Å². The summed E-state index contributed by atoms with van der Waals surface area (Å²) >= 11 is 2.23. The van der Waals surface area contributed by atoms with Gasteiger partial charge in [-0.15, -0.1) is 0 Å². The van der Waals surface area contributed by atoms with E-state index in [0.717, 1.165) is 22.0 Å². The van der Waals surface area contributed by atoms with Gasteiger partial charge in [-0.05, 0) is 36.6 Å². The van der Waals surface area contributed by atoms with Gasteiger partial charge < -0.3 is 0 Å². The second-order valence-electron chi connectivity index (χ2n) is 3.00. The summed E-state index contributed by atoms with van der Waals surface area (Å²) in [4.78, 5) is -0.0250. The van der Waals surface area contributed by atoms with Gasteiger partial charge in [0.05, 0.1) is 4.90 Å². The maximum absolute atomic E-state index is 10.9. The van der Waals surface area contributed by atoms with Crippen LogP contribution >= 0.6 is 22.6 Å². The Kier molecular flexibility index (Phi) is 3.91. The van der Waals surface area contributed by atoms with Crippen LogP contribution in [0.15, 0.2) is 23.1 Å². The van der Waals surface area contributed by atoms with E-state index in [-0.39, 0.29) is 4.90 Å². The minimum absolute atomic E-state index is 0.0250. The number of halogens is 1. The molecule has 3 nitrogen and oxygen atoms in total. The van der Waals surface area contributed by atoms with E-state index in [1.54, 1.807) is 6.07 Å². The second kappa shape index (κ2) is 4.59. The van der Waals surface area contributed by atoms with Crippen molar-refractivity contribution >= 4 is 32.7 Å². The average Bonchev–Trinajstić information content (AvgIpc) is 2.07. The standard InChI is InChI=1S/C9H11IO3S/c1-7-2-3-9(14(11,12)13)6-8(7)4-5-10/h2-3,6H,4-5H2,1H3,(H,11,12,13). The Hall–Kier alpha value is -0.140. The molecular weight excluding hydrogens is 315 g/mol. The number of hydrogen-bond donors (Lipinski definition) is 1. The highest BCUT2D eigenvalue weighted by molar-refractivity contribution is 14.1. The van der Waals surface area contributed by atoms with Gasteiger partial charge in [-0.3, -0.25) is 4.55 Å². The Balaban J connectivity index is 3.20. The van der Waals surface area contributed by atoms with Gasteiger partial charge in [0.25, 0.3) is 10.1 Å². The molecule has 0 aliphatic heterocycles. The van der Waals surface area contributed by atoms with Gasteiger partial charge in [0.15, 0.2) is 0 Å². The van der Waals surface area contributed by atoms with Gasteiger partial charge in [-0.1, -0.05) is 28.7 Å². The Morgan fingerprint density at radius 3 is 2.57 bits per heavy atom. The Morgan fingerprint density at radius 2 is 2.07 bits per heavy atom. The van der Waals surface area contributed by atoms with Gasteiger partial charge in [0, 0.05) is 4.43 Å². The lowest BCUT2D eigenvalue weighted by molar-refractivity contribution is 0.483. The predicted octanol–water partition coefficient (Wildman–Crippen LogP) is 2.22. The van der Waals surface area contributed by atoms with E-state index in [4.69, 9.17) is 4.55 Å². The molecule has 0 aliphatic rings. The third kappa shape index (κ3) is 2.93. The quantitative estimate of drug-likeness (QED) is 0.526. The van der Waals surface area contributed by atoms with Crippen LogP contribution in [0, 0.1) is 6.92 Å². The van der Waals surface area contributed by atoms with Crippen LogP contribution in [0.1, 0.15) is 11.1 Å². The molecule has 0 radical (unpaired) electrons. The fourth-order valence-corrected chi connectivity index (χ4v) is 2.29. The minimum atomic E-state index is -4.06. The summed E-state index contributed by atoms with van der Waals surface area (Å²) in [5, 5.41) is 0. The van der Waals surface area contributed by atoms with Crippen molar-refractivity contribution in [1.82, 2.24) is 0 Å². The molecule has 1 aromatic rings. The van der Waals surface area contributed by atoms with Crippen LogP contribution in [-0.2, 0) is 16.5 Å². The van der Waals surface area contributed by atoms with Crippen LogP contribution < -0.4 is 0 Å². The SMILES string of the molecule is Cc1ccc(S(=O)(=O)O)cc1CCI. The zero-order chi connectivity index (χ0) is 10.8. The van der Waals surface area contributed by atoms with Crippen molar-refractivity contribution in [3.05, 3.63) is 29.3 Å². The average molecular weight is 326 g/mol. The first-order valence-electron chi connectivity index (χ1n) is 4.08. The molecule has 0 saturated carbocycles. The fraction of sp³-hybridized carbons (Fsp3) is 0.333. The van der Waals surface area contributed by atoms with Crippen LogP contribution in [0.4, 0.5) is 0 Å². The maximum Gasteiger partial charge on any atom is 0.294 e. The molecular formula is C9H11IO3S. The van der Waals surface area contributed by atoms with E-state index in [9.17, 15) is 8.42 Å². The molecule has 1 N–H and O–H groups in total. The van der Waals surface area contributed by atoms with Gasteiger partial charge in [-0.2, -0.15) is 8.42 Å². The van der Waals surface area contributed by atoms with E-state index in [1.807, 2.05) is 6.92 Å². The smallest absolute Gasteiger partial charge is 0.282 e. The van der Waals surface area contributed by atoms with Gasteiger partial charge in [-0.25, -0.2) is 0 Å². The topological polar surface area (TPSA) is 54.4 Å². The summed E-state index contributed by atoms with van der Waals surface area (Å²) < 4.78 is 31.5. The molecule has 0 bridgehead atoms. The number of hydrogen-bond acceptors (Lipinski definition) is 2. The zero-order valence-electron chi connectivity index (χ0n) is 7.70. The van der Waals surface area contributed by atoms with E-state index >= 15 is 0 Å². The molecule has 0 fully saturated rings. The number of aryl methyl sites for hydroxylation is 2. The van der Waals surface area contributed by atoms with Gasteiger partial charge >= 0.3 is 0 Å². The molecule has 0 atom stereocenters. The molecule has 0 aromatic heterocycles. The number of alkyl halides is 1. The number of rotatable bonds is 3. The van der Waals surface area contributed by atoms with Gasteiger partial charge in [0.2, 0.25) is 0 Å². The molecule has 1 rings (SSSR count). The van der Waals surface area contributed by atoms with Crippen molar-refractivity contribution in [3.8, 4) is 0 Å². The van der Waals surface area contributed by atoms with Crippen molar-refractivity contribution in [2.24, 2.45) is 0 Å². The molecule has 5 heteroatoms. The number of benzene rings is 1. The van der Waals surface area contributed by atoms with Crippen LogP contribution in [0.5, 0.6) is 0 Å². The Morgan fingerprint density at radius 1 is 1.43 bits per heavy atom. The molecule has 78 valence electrons. The van der Waals surface area contributed by atoms with Crippen molar-refractivity contribution < 1.29 is 13.0 Å². The van der Waals surface area contributed by atoms with Gasteiger partial charge in [0.1, 0.15) is 0 Å². The van der Waals surface area contributed by atoms with E-state index in [2.05, 4.69) is 22.6 Å². The second-order valence-corrected chi connectivity index (χ2v) is 5.50. The lowest BCUT2D eigenvalue weighted by Crippen LogP contribution is -2.00. The minimum Gasteiger partial charge on any atom is -0.282 e. The molecule has 0 spiro atoms. The van der Waals surface area contributed by atoms with Crippen molar-refractivity contribution in [1.29, 1.82) is 0 Å². The Labute approximate surface area is 97.4 Å². The maximum atomic E-state index is 10.9. The molecule has 14 heavy (non-hydrogen) atoms. The van der Waals surface area contributed by atoms with Crippen LogP contribution in [-0.4, -0.2) is 17.4 Å². The molecule has 0 unspecified atom stereocenters. The summed E-state index contributed by atoms with van der Waals surface area (Å²) in [6.45, 7) is 1.93. The molecule has 0 saturated heterocycles. The highest BCUT2D eigenvalue weighted by Crippen LogP contribution is 2.16. The lowest BCUT2D eigenvalue weighted by Gasteiger charge is -2.05. The predicted molar refractivity (Wildman–Crippen MR) is 63.6 cm³/mol.